The van der Waals surface area contributed by atoms with Gasteiger partial charge in [-0.1, -0.05) is 27.7 Å². The molecule has 0 rings (SSSR count). The van der Waals surface area contributed by atoms with Gasteiger partial charge >= 0.3 is 23.9 Å². The zero-order valence-corrected chi connectivity index (χ0v) is 28.4. The van der Waals surface area contributed by atoms with Crippen LogP contribution in [0.15, 0.2) is 0 Å². The minimum Gasteiger partial charge on any atom is -0.481 e. The number of aliphatic hydroxyl groups excluding tert-OH is 3. The second-order valence-corrected chi connectivity index (χ2v) is 10.9. The van der Waals surface area contributed by atoms with Crippen molar-refractivity contribution >= 4 is 74.4 Å². The summed E-state index contributed by atoms with van der Waals surface area (Å²) in [5.41, 5.74) is -1.01. The van der Waals surface area contributed by atoms with Gasteiger partial charge in [-0.25, -0.2) is 0 Å². The van der Waals surface area contributed by atoms with Crippen molar-refractivity contribution in [2.24, 2.45) is 17.3 Å². The van der Waals surface area contributed by atoms with E-state index in [1.165, 1.54) is 0 Å². The van der Waals surface area contributed by atoms with Gasteiger partial charge < -0.3 is 45.2 Å². The molecule has 0 aliphatic heterocycles. The van der Waals surface area contributed by atoms with Crippen LogP contribution < -0.4 is 0 Å². The lowest BCUT2D eigenvalue weighted by Gasteiger charge is -2.31. The fourth-order valence-electron chi connectivity index (χ4n) is 1.65. The van der Waals surface area contributed by atoms with Crippen molar-refractivity contribution in [2.75, 3.05) is 56.0 Å². The van der Waals surface area contributed by atoms with Crippen molar-refractivity contribution in [1.82, 2.24) is 0 Å². The number of rotatable bonds is 18. The van der Waals surface area contributed by atoms with Gasteiger partial charge in [0.25, 0.3) is 0 Å². The molecule has 0 heterocycles. The van der Waals surface area contributed by atoms with Crippen molar-refractivity contribution in [1.29, 1.82) is 0 Å². The minimum atomic E-state index is -1.01. The molecule has 42 heavy (non-hydrogen) atoms. The molecule has 7 N–H and O–H groups in total. The molecule has 17 heteroatoms. The predicted molar refractivity (Wildman–Crippen MR) is 173 cm³/mol. The third kappa shape index (κ3) is 46.0. The molecule has 0 radical (unpaired) electrons. The highest BCUT2D eigenvalue weighted by Gasteiger charge is 2.30. The minimum absolute atomic E-state index is 0.0669. The Balaban J connectivity index is -0.000000156. The molecule has 0 amide bonds. The maximum atomic E-state index is 9.55. The Bertz CT molecular complexity index is 578. The predicted octanol–water partition coefficient (Wildman–Crippen LogP) is 2.18. The second kappa shape index (κ2) is 36.3. The van der Waals surface area contributed by atoms with Crippen LogP contribution in [0.2, 0.25) is 0 Å². The lowest BCUT2D eigenvalue weighted by atomic mass is 9.92. The molecule has 0 saturated heterocycles. The molecule has 1 unspecified atom stereocenters. The van der Waals surface area contributed by atoms with Gasteiger partial charge in [-0.05, 0) is 5.92 Å². The molecule has 0 aromatic carbocycles. The number of aliphatic carboxylic acids is 4. The molecule has 0 spiro atoms. The van der Waals surface area contributed by atoms with E-state index in [9.17, 15) is 34.5 Å². The number of carboxylic acids is 4. The maximum absolute atomic E-state index is 9.55. The summed E-state index contributed by atoms with van der Waals surface area (Å²) in [7, 11) is 0. The first kappa shape index (κ1) is 50.7. The van der Waals surface area contributed by atoms with E-state index >= 15 is 0 Å². The van der Waals surface area contributed by atoms with Crippen LogP contribution in [0.1, 0.15) is 53.4 Å². The number of carbonyl (C=O) groups is 4. The van der Waals surface area contributed by atoms with Gasteiger partial charge in [0.05, 0.1) is 64.1 Å². The van der Waals surface area contributed by atoms with Crippen LogP contribution >= 0.6 is 50.5 Å². The van der Waals surface area contributed by atoms with E-state index in [1.54, 1.807) is 0 Å². The average molecular weight is 689 g/mol. The number of thiol groups is 4. The molecule has 0 aliphatic carbocycles. The van der Waals surface area contributed by atoms with Gasteiger partial charge in [0.1, 0.15) is 0 Å². The largest absolute Gasteiger partial charge is 0.481 e. The molecular weight excluding hydrogens is 637 g/mol. The van der Waals surface area contributed by atoms with Gasteiger partial charge in [0, 0.05) is 28.9 Å². The SMILES string of the molecule is CC(C)COC(OCC(CO)(CO)CO)C(C)C.O=C(O)CCS.O=C(O)CCS.O=C(O)CCS.O=C(O)CCS. The number of carboxylic acid groups (broad SMARTS) is 4. The van der Waals surface area contributed by atoms with Crippen LogP contribution in [0.5, 0.6) is 0 Å². The van der Waals surface area contributed by atoms with E-state index in [1.807, 2.05) is 13.8 Å². The van der Waals surface area contributed by atoms with E-state index in [0.29, 0.717) is 35.5 Å². The van der Waals surface area contributed by atoms with Gasteiger partial charge in [0.2, 0.25) is 0 Å². The number of aliphatic hydroxyl groups is 3. The Kier molecular flexibility index (Phi) is 43.8. The first-order valence-electron chi connectivity index (χ1n) is 12.9. The van der Waals surface area contributed by atoms with Gasteiger partial charge in [-0.3, -0.25) is 19.2 Å². The first-order valence-corrected chi connectivity index (χ1v) is 15.4. The summed E-state index contributed by atoms with van der Waals surface area (Å²) < 4.78 is 11.2. The summed E-state index contributed by atoms with van der Waals surface area (Å²) in [4.78, 5) is 38.2. The number of hydrogen-bond acceptors (Lipinski definition) is 13. The van der Waals surface area contributed by atoms with E-state index < -0.39 is 35.6 Å². The normalized spacial score (nSPS) is 10.9. The molecule has 1 atom stereocenters. The highest BCUT2D eigenvalue weighted by atomic mass is 32.1. The molecule has 0 saturated carbocycles. The van der Waals surface area contributed by atoms with Crippen LogP contribution in [-0.2, 0) is 28.7 Å². The number of hydrogen-bond donors (Lipinski definition) is 11. The Morgan fingerprint density at radius 3 is 1.02 bits per heavy atom. The summed E-state index contributed by atoms with van der Waals surface area (Å²) in [6.07, 6.45) is 0.231. The fraction of sp³-hybridized carbons (Fsp3) is 0.840. The summed E-state index contributed by atoms with van der Waals surface area (Å²) in [5.74, 6) is -0.870. The molecule has 13 nitrogen and oxygen atoms in total. The van der Waals surface area contributed by atoms with Gasteiger partial charge in [-0.2, -0.15) is 50.5 Å². The first-order chi connectivity index (χ1) is 19.5. The summed E-state index contributed by atoms with van der Waals surface area (Å²) in [5, 5.41) is 59.1. The quantitative estimate of drug-likeness (QED) is 0.0734. The Morgan fingerprint density at radius 2 is 0.881 bits per heavy atom. The third-order valence-corrected chi connectivity index (χ3v) is 4.90. The van der Waals surface area contributed by atoms with Crippen LogP contribution in [-0.4, -0.2) is 122 Å². The molecule has 0 aliphatic rings. The smallest absolute Gasteiger partial charge is 0.304 e. The van der Waals surface area contributed by atoms with E-state index in [0.717, 1.165) is 0 Å². The van der Waals surface area contributed by atoms with Gasteiger partial charge in [-0.15, -0.1) is 0 Å². The van der Waals surface area contributed by atoms with E-state index in [-0.39, 0.29) is 58.0 Å². The number of ether oxygens (including phenoxy) is 2. The molecular formula is C25H52O13S4. The zero-order chi connectivity index (χ0) is 34.1. The molecule has 254 valence electrons. The van der Waals surface area contributed by atoms with Crippen molar-refractivity contribution < 1.29 is 64.4 Å². The summed E-state index contributed by atoms with van der Waals surface area (Å²) in [6, 6.07) is 0. The fourth-order valence-corrected chi connectivity index (χ4v) is 2.41. The van der Waals surface area contributed by atoms with Crippen LogP contribution in [0, 0.1) is 17.3 Å². The summed E-state index contributed by atoms with van der Waals surface area (Å²) in [6.45, 7) is 7.74. The maximum Gasteiger partial charge on any atom is 0.304 e. The molecule has 0 bridgehead atoms. The van der Waals surface area contributed by atoms with Gasteiger partial charge in [0.15, 0.2) is 6.29 Å². The van der Waals surface area contributed by atoms with Crippen LogP contribution in [0.4, 0.5) is 0 Å². The van der Waals surface area contributed by atoms with Crippen molar-refractivity contribution in [3.05, 3.63) is 0 Å². The topological polar surface area (TPSA) is 228 Å². The highest BCUT2D eigenvalue weighted by molar-refractivity contribution is 7.80. The molecule has 0 fully saturated rings. The highest BCUT2D eigenvalue weighted by Crippen LogP contribution is 2.19. The third-order valence-electron chi connectivity index (χ3n) is 4.00. The zero-order valence-electron chi connectivity index (χ0n) is 24.8. The Hall–Kier alpha value is -0.920. The second-order valence-electron chi connectivity index (χ2n) is 9.09. The van der Waals surface area contributed by atoms with E-state index in [4.69, 9.17) is 29.9 Å². The molecule has 0 aromatic rings. The monoisotopic (exact) mass is 688 g/mol. The lowest BCUT2D eigenvalue weighted by Crippen LogP contribution is -2.41. The summed E-state index contributed by atoms with van der Waals surface area (Å²) >= 11 is 14.7. The molecule has 0 aromatic heterocycles. The standard InChI is InChI=1S/C13H28O5.4C3H6O2S/c1-10(2)5-17-12(11(3)4)18-9-13(6-14,7-15)8-16;4*4-3(5)1-2-6/h10-12,14-16H,5-9H2,1-4H3;4*6H,1-2H2,(H,4,5). The average Bonchev–Trinajstić information content (AvgIpc) is 2.87. The van der Waals surface area contributed by atoms with Crippen LogP contribution in [0.3, 0.4) is 0 Å². The van der Waals surface area contributed by atoms with Crippen LogP contribution in [0.25, 0.3) is 0 Å². The Morgan fingerprint density at radius 1 is 0.595 bits per heavy atom. The van der Waals surface area contributed by atoms with E-state index in [2.05, 4.69) is 64.4 Å². The van der Waals surface area contributed by atoms with Crippen molar-refractivity contribution in [3.63, 3.8) is 0 Å². The lowest BCUT2D eigenvalue weighted by molar-refractivity contribution is -0.198. The van der Waals surface area contributed by atoms with Crippen molar-refractivity contribution in [2.45, 2.75) is 59.7 Å². The Labute approximate surface area is 271 Å². The van der Waals surface area contributed by atoms with Crippen molar-refractivity contribution in [3.8, 4) is 0 Å².